The van der Waals surface area contributed by atoms with Crippen LogP contribution in [-0.4, -0.2) is 62.6 Å². The van der Waals surface area contributed by atoms with Gasteiger partial charge in [0, 0.05) is 38.6 Å². The summed E-state index contributed by atoms with van der Waals surface area (Å²) in [5.41, 5.74) is 1.16. The Morgan fingerprint density at radius 3 is 2.40 bits per heavy atom. The van der Waals surface area contributed by atoms with Gasteiger partial charge in [-0.05, 0) is 37.6 Å². The molecule has 5 nitrogen and oxygen atoms in total. The fraction of sp³-hybridized carbons (Fsp3) is 0.650. The zero-order valence-electron chi connectivity index (χ0n) is 15.5. The van der Waals surface area contributed by atoms with E-state index in [1.54, 1.807) is 7.11 Å². The fourth-order valence-electron chi connectivity index (χ4n) is 3.84. The van der Waals surface area contributed by atoms with Gasteiger partial charge in [0.2, 0.25) is 5.91 Å². The van der Waals surface area contributed by atoms with Gasteiger partial charge in [-0.2, -0.15) is 0 Å². The number of carbonyl (C=O) groups excluding carboxylic acids is 1. The molecule has 0 radical (unpaired) electrons. The summed E-state index contributed by atoms with van der Waals surface area (Å²) in [6.07, 6.45) is 4.44. The van der Waals surface area contributed by atoms with Crippen molar-refractivity contribution in [1.29, 1.82) is 0 Å². The van der Waals surface area contributed by atoms with Crippen molar-refractivity contribution in [3.8, 4) is 5.75 Å². The number of ether oxygens (including phenoxy) is 1. The van der Waals surface area contributed by atoms with Gasteiger partial charge in [-0.15, -0.1) is 0 Å². The molecule has 25 heavy (non-hydrogen) atoms. The van der Waals surface area contributed by atoms with Gasteiger partial charge in [-0.3, -0.25) is 9.69 Å². The number of amides is 1. The number of carbonyl (C=O) groups is 1. The lowest BCUT2D eigenvalue weighted by molar-refractivity contribution is -0.125. The molecule has 3 rings (SSSR count). The first-order chi connectivity index (χ1) is 12.2. The van der Waals surface area contributed by atoms with Crippen LogP contribution in [0.1, 0.15) is 37.3 Å². The number of nitrogens with zero attached hydrogens (tertiary/aromatic N) is 2. The minimum Gasteiger partial charge on any atom is -0.497 e. The molecule has 0 aromatic heterocycles. The maximum Gasteiger partial charge on any atom is 0.223 e. The molecule has 1 atom stereocenters. The molecule has 1 amide bonds. The third-order valence-electron chi connectivity index (χ3n) is 5.60. The van der Waals surface area contributed by atoms with E-state index in [1.807, 2.05) is 12.1 Å². The van der Waals surface area contributed by atoms with Gasteiger partial charge in [0.15, 0.2) is 0 Å². The van der Waals surface area contributed by atoms with E-state index in [9.17, 15) is 4.79 Å². The van der Waals surface area contributed by atoms with Gasteiger partial charge in [0.25, 0.3) is 0 Å². The van der Waals surface area contributed by atoms with Crippen molar-refractivity contribution in [2.75, 3.05) is 46.9 Å². The first-order valence-electron chi connectivity index (χ1n) is 9.51. The zero-order chi connectivity index (χ0) is 17.6. The van der Waals surface area contributed by atoms with Crippen molar-refractivity contribution in [1.82, 2.24) is 15.1 Å². The summed E-state index contributed by atoms with van der Waals surface area (Å²) in [6, 6.07) is 8.16. The SMILES string of the molecule is COc1ccc(C(CN2CCN(C)CC2)NC(=O)C2CCCC2)cc1. The molecule has 0 bridgehead atoms. The van der Waals surface area contributed by atoms with E-state index in [0.717, 1.165) is 56.9 Å². The molecule has 0 spiro atoms. The molecule has 1 heterocycles. The molecule has 1 aliphatic heterocycles. The second-order valence-corrected chi connectivity index (χ2v) is 7.42. The summed E-state index contributed by atoms with van der Waals surface area (Å²) in [4.78, 5) is 17.5. The van der Waals surface area contributed by atoms with E-state index in [1.165, 1.54) is 12.8 Å². The highest BCUT2D eigenvalue weighted by Crippen LogP contribution is 2.26. The molecule has 5 heteroatoms. The number of rotatable bonds is 6. The molecule has 1 saturated carbocycles. The summed E-state index contributed by atoms with van der Waals surface area (Å²) in [7, 11) is 3.85. The van der Waals surface area contributed by atoms with Crippen molar-refractivity contribution in [2.45, 2.75) is 31.7 Å². The quantitative estimate of drug-likeness (QED) is 0.859. The lowest BCUT2D eigenvalue weighted by atomic mass is 10.0. The van der Waals surface area contributed by atoms with Crippen molar-refractivity contribution in [2.24, 2.45) is 5.92 Å². The molecule has 1 aromatic carbocycles. The van der Waals surface area contributed by atoms with Crippen LogP contribution in [0.15, 0.2) is 24.3 Å². The van der Waals surface area contributed by atoms with Gasteiger partial charge in [-0.1, -0.05) is 25.0 Å². The molecule has 1 saturated heterocycles. The molecular weight excluding hydrogens is 314 g/mol. The van der Waals surface area contributed by atoms with E-state index in [-0.39, 0.29) is 17.9 Å². The third-order valence-corrected chi connectivity index (χ3v) is 5.60. The Morgan fingerprint density at radius 2 is 1.80 bits per heavy atom. The van der Waals surface area contributed by atoms with Gasteiger partial charge in [-0.25, -0.2) is 0 Å². The van der Waals surface area contributed by atoms with Gasteiger partial charge in [0.05, 0.1) is 13.2 Å². The van der Waals surface area contributed by atoms with Gasteiger partial charge in [0.1, 0.15) is 5.75 Å². The molecule has 2 fully saturated rings. The van der Waals surface area contributed by atoms with Crippen molar-refractivity contribution in [3.05, 3.63) is 29.8 Å². The molecule has 1 unspecified atom stereocenters. The Bertz CT molecular complexity index is 547. The lowest BCUT2D eigenvalue weighted by Gasteiger charge is -2.35. The average Bonchev–Trinajstić information content (AvgIpc) is 3.18. The monoisotopic (exact) mass is 345 g/mol. The Labute approximate surface area is 151 Å². The summed E-state index contributed by atoms with van der Waals surface area (Å²) < 4.78 is 5.27. The van der Waals surface area contributed by atoms with Gasteiger partial charge >= 0.3 is 0 Å². The highest BCUT2D eigenvalue weighted by Gasteiger charge is 2.27. The number of hydrogen-bond donors (Lipinski definition) is 1. The molecule has 1 aliphatic carbocycles. The first-order valence-corrected chi connectivity index (χ1v) is 9.51. The standard InChI is InChI=1S/C20H31N3O2/c1-22-11-13-23(14-12-22)15-19(16-7-9-18(25-2)10-8-16)21-20(24)17-5-3-4-6-17/h7-10,17,19H,3-6,11-15H2,1-2H3,(H,21,24). The van der Waals surface area contributed by atoms with E-state index < -0.39 is 0 Å². The highest BCUT2D eigenvalue weighted by atomic mass is 16.5. The Balaban J connectivity index is 1.68. The van der Waals surface area contributed by atoms with E-state index in [2.05, 4.69) is 34.3 Å². The number of nitrogens with one attached hydrogen (secondary N) is 1. The minimum absolute atomic E-state index is 0.0439. The lowest BCUT2D eigenvalue weighted by Crippen LogP contribution is -2.48. The van der Waals surface area contributed by atoms with Gasteiger partial charge < -0.3 is 15.0 Å². The molecule has 2 aliphatic rings. The second-order valence-electron chi connectivity index (χ2n) is 7.42. The number of likely N-dealkylation sites (N-methyl/N-ethyl adjacent to an activating group) is 1. The maximum absolute atomic E-state index is 12.7. The second kappa shape index (κ2) is 8.68. The first kappa shape index (κ1) is 18.2. The number of benzene rings is 1. The third kappa shape index (κ3) is 4.95. The topological polar surface area (TPSA) is 44.8 Å². The predicted molar refractivity (Wildman–Crippen MR) is 99.8 cm³/mol. The number of hydrogen-bond acceptors (Lipinski definition) is 4. The Morgan fingerprint density at radius 1 is 1.16 bits per heavy atom. The largest absolute Gasteiger partial charge is 0.497 e. The number of piperazine rings is 1. The summed E-state index contributed by atoms with van der Waals surface area (Å²) in [5.74, 6) is 1.28. The molecular formula is C20H31N3O2. The van der Waals surface area contributed by atoms with Crippen LogP contribution in [0.3, 0.4) is 0 Å². The summed E-state index contributed by atoms with van der Waals surface area (Å²) in [6.45, 7) is 5.17. The van der Waals surface area contributed by atoms with E-state index >= 15 is 0 Å². The van der Waals surface area contributed by atoms with Crippen LogP contribution in [0, 0.1) is 5.92 Å². The maximum atomic E-state index is 12.7. The van der Waals surface area contributed by atoms with Crippen LogP contribution in [0.4, 0.5) is 0 Å². The van der Waals surface area contributed by atoms with Crippen molar-refractivity contribution >= 4 is 5.91 Å². The van der Waals surface area contributed by atoms with Crippen LogP contribution in [0.25, 0.3) is 0 Å². The van der Waals surface area contributed by atoms with Crippen molar-refractivity contribution in [3.63, 3.8) is 0 Å². The van der Waals surface area contributed by atoms with Crippen LogP contribution >= 0.6 is 0 Å². The minimum atomic E-state index is 0.0439. The Hall–Kier alpha value is -1.59. The number of methoxy groups -OCH3 is 1. The molecule has 1 N–H and O–H groups in total. The Kier molecular flexibility index (Phi) is 6.32. The zero-order valence-corrected chi connectivity index (χ0v) is 15.5. The van der Waals surface area contributed by atoms with E-state index in [0.29, 0.717) is 0 Å². The van der Waals surface area contributed by atoms with Crippen molar-refractivity contribution < 1.29 is 9.53 Å². The predicted octanol–water partition coefficient (Wildman–Crippen LogP) is 2.29. The fourth-order valence-corrected chi connectivity index (χ4v) is 3.84. The molecule has 138 valence electrons. The average molecular weight is 345 g/mol. The summed E-state index contributed by atoms with van der Waals surface area (Å²) >= 11 is 0. The highest BCUT2D eigenvalue weighted by molar-refractivity contribution is 5.79. The molecule has 1 aromatic rings. The normalized spacial score (nSPS) is 21.2. The summed E-state index contributed by atoms with van der Waals surface area (Å²) in [5, 5.41) is 3.34. The van der Waals surface area contributed by atoms with Crippen LogP contribution in [0.2, 0.25) is 0 Å². The van der Waals surface area contributed by atoms with Crippen LogP contribution in [-0.2, 0) is 4.79 Å². The van der Waals surface area contributed by atoms with Crippen LogP contribution in [0.5, 0.6) is 5.75 Å². The van der Waals surface area contributed by atoms with Crippen LogP contribution < -0.4 is 10.1 Å². The smallest absolute Gasteiger partial charge is 0.223 e. The van der Waals surface area contributed by atoms with E-state index in [4.69, 9.17) is 4.74 Å².